The number of aliphatic hydroxyl groups excluding tert-OH is 1. The third-order valence-corrected chi connectivity index (χ3v) is 2.36. The summed E-state index contributed by atoms with van der Waals surface area (Å²) in [4.78, 5) is 0. The molecule has 0 aromatic rings. The highest BCUT2D eigenvalue weighted by Crippen LogP contribution is 2.03. The molecular formula is C6H14OS2. The van der Waals surface area contributed by atoms with Crippen LogP contribution in [0.25, 0.3) is 0 Å². The van der Waals surface area contributed by atoms with E-state index in [-0.39, 0.29) is 0 Å². The lowest BCUT2D eigenvalue weighted by molar-refractivity contribution is 0.296. The molecule has 1 nitrogen and oxygen atoms in total. The molecule has 9 heavy (non-hydrogen) atoms. The molecule has 0 aromatic heterocycles. The number of thioether (sulfide) groups is 1. The second-order valence-electron chi connectivity index (χ2n) is 1.77. The minimum atomic E-state index is 0.327. The van der Waals surface area contributed by atoms with Crippen molar-refractivity contribution in [2.45, 2.75) is 12.8 Å². The maximum atomic E-state index is 8.39. The Balaban J connectivity index is 2.60. The molecule has 0 fully saturated rings. The van der Waals surface area contributed by atoms with Gasteiger partial charge in [-0.25, -0.2) is 0 Å². The van der Waals surface area contributed by atoms with Crippen LogP contribution in [-0.4, -0.2) is 29.0 Å². The monoisotopic (exact) mass is 166 g/mol. The van der Waals surface area contributed by atoms with Gasteiger partial charge in [0, 0.05) is 6.61 Å². The molecule has 0 rings (SSSR count). The van der Waals surface area contributed by atoms with Gasteiger partial charge in [0.1, 0.15) is 0 Å². The van der Waals surface area contributed by atoms with E-state index in [1.165, 1.54) is 12.2 Å². The van der Waals surface area contributed by atoms with Crippen LogP contribution in [0.15, 0.2) is 0 Å². The summed E-state index contributed by atoms with van der Waals surface area (Å²) >= 11 is 5.98. The van der Waals surface area contributed by atoms with Crippen molar-refractivity contribution < 1.29 is 5.11 Å². The van der Waals surface area contributed by atoms with Crippen LogP contribution in [0.4, 0.5) is 0 Å². The third-order valence-electron chi connectivity index (χ3n) is 0.894. The van der Waals surface area contributed by atoms with Crippen LogP contribution < -0.4 is 0 Å². The van der Waals surface area contributed by atoms with Gasteiger partial charge in [-0.1, -0.05) is 0 Å². The maximum Gasteiger partial charge on any atom is 0.0438 e. The van der Waals surface area contributed by atoms with Crippen LogP contribution in [-0.2, 0) is 0 Å². The molecule has 0 spiro atoms. The van der Waals surface area contributed by atoms with Crippen LogP contribution >= 0.6 is 24.4 Å². The number of rotatable bonds is 6. The van der Waals surface area contributed by atoms with E-state index < -0.39 is 0 Å². The molecule has 0 saturated heterocycles. The molecule has 0 aliphatic rings. The molecule has 56 valence electrons. The first kappa shape index (κ1) is 9.66. The molecule has 0 heterocycles. The van der Waals surface area contributed by atoms with Crippen molar-refractivity contribution in [2.24, 2.45) is 0 Å². The number of hydrogen-bond acceptors (Lipinski definition) is 3. The van der Waals surface area contributed by atoms with Gasteiger partial charge in [-0.05, 0) is 30.1 Å². The fraction of sp³-hybridized carbons (Fsp3) is 1.00. The van der Waals surface area contributed by atoms with E-state index in [2.05, 4.69) is 12.6 Å². The molecule has 0 aliphatic heterocycles. The van der Waals surface area contributed by atoms with Crippen molar-refractivity contribution in [3.8, 4) is 0 Å². The second kappa shape index (κ2) is 8.66. The number of aliphatic hydroxyl groups is 1. The zero-order valence-corrected chi connectivity index (χ0v) is 7.26. The molecule has 0 amide bonds. The molecule has 0 aliphatic carbocycles. The van der Waals surface area contributed by atoms with E-state index in [4.69, 9.17) is 5.11 Å². The summed E-state index contributed by atoms with van der Waals surface area (Å²) in [5.41, 5.74) is 0. The van der Waals surface area contributed by atoms with Crippen molar-refractivity contribution in [2.75, 3.05) is 23.9 Å². The van der Waals surface area contributed by atoms with Gasteiger partial charge in [0.25, 0.3) is 0 Å². The smallest absolute Gasteiger partial charge is 0.0438 e. The fourth-order valence-corrected chi connectivity index (χ4v) is 1.69. The molecular weight excluding hydrogens is 152 g/mol. The van der Waals surface area contributed by atoms with Crippen molar-refractivity contribution in [1.29, 1.82) is 0 Å². The summed E-state index contributed by atoms with van der Waals surface area (Å²) in [6, 6.07) is 0. The van der Waals surface area contributed by atoms with Gasteiger partial charge in [-0.2, -0.15) is 24.4 Å². The third kappa shape index (κ3) is 8.66. The summed E-state index contributed by atoms with van der Waals surface area (Å²) in [5.74, 6) is 3.25. The van der Waals surface area contributed by atoms with Gasteiger partial charge in [0.2, 0.25) is 0 Å². The summed E-state index contributed by atoms with van der Waals surface area (Å²) in [6.07, 6.45) is 2.11. The average Bonchev–Trinajstić information content (AvgIpc) is 1.89. The lowest BCUT2D eigenvalue weighted by atomic mass is 10.5. The lowest BCUT2D eigenvalue weighted by Gasteiger charge is -1.95. The first-order valence-corrected chi connectivity index (χ1v) is 5.00. The van der Waals surface area contributed by atoms with Crippen LogP contribution in [0.5, 0.6) is 0 Å². The van der Waals surface area contributed by atoms with Crippen LogP contribution in [0.3, 0.4) is 0 Å². The molecule has 0 aromatic carbocycles. The van der Waals surface area contributed by atoms with Gasteiger partial charge >= 0.3 is 0 Å². The van der Waals surface area contributed by atoms with Gasteiger partial charge in [0.15, 0.2) is 0 Å². The SMILES string of the molecule is OCCCSCCCS. The predicted molar refractivity (Wildman–Crippen MR) is 47.5 cm³/mol. The quantitative estimate of drug-likeness (QED) is 0.460. The Hall–Kier alpha value is 0.660. The van der Waals surface area contributed by atoms with Gasteiger partial charge in [-0.15, -0.1) is 0 Å². The number of hydrogen-bond donors (Lipinski definition) is 2. The van der Waals surface area contributed by atoms with E-state index >= 15 is 0 Å². The maximum absolute atomic E-state index is 8.39. The fourth-order valence-electron chi connectivity index (χ4n) is 0.435. The Bertz CT molecular complexity index is 44.3. The molecule has 1 N–H and O–H groups in total. The molecule has 0 atom stereocenters. The molecule has 0 saturated carbocycles. The number of thiol groups is 1. The summed E-state index contributed by atoms with van der Waals surface area (Å²) in [5, 5.41) is 8.39. The normalized spacial score (nSPS) is 10.0. The Kier molecular flexibility index (Phi) is 9.30. The van der Waals surface area contributed by atoms with Gasteiger partial charge in [-0.3, -0.25) is 0 Å². The van der Waals surface area contributed by atoms with Crippen molar-refractivity contribution in [1.82, 2.24) is 0 Å². The Labute approximate surface area is 66.6 Å². The van der Waals surface area contributed by atoms with Crippen LogP contribution in [0.1, 0.15) is 12.8 Å². The van der Waals surface area contributed by atoms with Crippen molar-refractivity contribution in [3.05, 3.63) is 0 Å². The topological polar surface area (TPSA) is 20.2 Å². The van der Waals surface area contributed by atoms with Gasteiger partial charge < -0.3 is 5.11 Å². The van der Waals surface area contributed by atoms with Crippen molar-refractivity contribution >= 4 is 24.4 Å². The Morgan fingerprint density at radius 1 is 1.22 bits per heavy atom. The highest BCUT2D eigenvalue weighted by Gasteiger charge is 1.86. The van der Waals surface area contributed by atoms with E-state index in [0.29, 0.717) is 6.61 Å². The minimum Gasteiger partial charge on any atom is -0.396 e. The Morgan fingerprint density at radius 3 is 2.44 bits per heavy atom. The van der Waals surface area contributed by atoms with Crippen LogP contribution in [0, 0.1) is 0 Å². The Morgan fingerprint density at radius 2 is 1.89 bits per heavy atom. The lowest BCUT2D eigenvalue weighted by Crippen LogP contribution is -1.88. The highest BCUT2D eigenvalue weighted by atomic mass is 32.2. The van der Waals surface area contributed by atoms with E-state index in [0.717, 1.165) is 17.9 Å². The molecule has 0 bridgehead atoms. The minimum absolute atomic E-state index is 0.327. The van der Waals surface area contributed by atoms with Crippen LogP contribution in [0.2, 0.25) is 0 Å². The zero-order chi connectivity index (χ0) is 6.95. The molecule has 0 radical (unpaired) electrons. The summed E-state index contributed by atoms with van der Waals surface area (Å²) < 4.78 is 0. The first-order chi connectivity index (χ1) is 4.41. The van der Waals surface area contributed by atoms with E-state index in [1.54, 1.807) is 0 Å². The molecule has 3 heteroatoms. The summed E-state index contributed by atoms with van der Waals surface area (Å²) in [7, 11) is 0. The summed E-state index contributed by atoms with van der Waals surface area (Å²) in [6.45, 7) is 0.327. The predicted octanol–water partition coefficient (Wildman–Crippen LogP) is 1.42. The average molecular weight is 166 g/mol. The van der Waals surface area contributed by atoms with Crippen molar-refractivity contribution in [3.63, 3.8) is 0 Å². The largest absolute Gasteiger partial charge is 0.396 e. The second-order valence-corrected chi connectivity index (χ2v) is 3.44. The van der Waals surface area contributed by atoms with E-state index in [9.17, 15) is 0 Å². The zero-order valence-electron chi connectivity index (χ0n) is 5.55. The van der Waals surface area contributed by atoms with Gasteiger partial charge in [0.05, 0.1) is 0 Å². The highest BCUT2D eigenvalue weighted by molar-refractivity contribution is 7.99. The van der Waals surface area contributed by atoms with E-state index in [1.807, 2.05) is 11.8 Å². The standard InChI is InChI=1S/C6H14OS2/c7-3-1-5-9-6-2-4-8/h7-8H,1-6H2. The first-order valence-electron chi connectivity index (χ1n) is 3.21. The molecule has 0 unspecified atom stereocenters.